The minimum Gasteiger partial charge on any atom is -0.309 e. The highest BCUT2D eigenvalue weighted by molar-refractivity contribution is 7.19. The predicted octanol–water partition coefficient (Wildman–Crippen LogP) is 3.38. The van der Waals surface area contributed by atoms with Gasteiger partial charge >= 0.3 is 0 Å². The Bertz CT molecular complexity index is 1210. The number of rotatable bonds is 4. The molecule has 4 aromatic rings. The standard InChI is InChI=1S/C21H22N6OS/c1-12-3-5-14(6-4-12)17-13(2)29-21-18(17)20(28)24-16(25-21)10-27-8-7-15(9-27)19-22-11-23-26-19/h3-6,11,15H,7-10H2,1-2H3,(H,22,23,26)(H,24,25,28). The van der Waals surface area contributed by atoms with E-state index < -0.39 is 0 Å². The van der Waals surface area contributed by atoms with Crippen LogP contribution in [-0.2, 0) is 6.54 Å². The Morgan fingerprint density at radius 1 is 1.24 bits per heavy atom. The number of thiophene rings is 1. The molecule has 29 heavy (non-hydrogen) atoms. The second-order valence-electron chi connectivity index (χ2n) is 7.68. The molecular weight excluding hydrogens is 384 g/mol. The van der Waals surface area contributed by atoms with Gasteiger partial charge in [0.1, 0.15) is 22.8 Å². The summed E-state index contributed by atoms with van der Waals surface area (Å²) in [4.78, 5) is 29.3. The molecule has 2 N–H and O–H groups in total. The van der Waals surface area contributed by atoms with Crippen LogP contribution >= 0.6 is 11.3 Å². The lowest BCUT2D eigenvalue weighted by Gasteiger charge is -2.14. The number of aromatic nitrogens is 5. The van der Waals surface area contributed by atoms with Crippen LogP contribution in [0.3, 0.4) is 0 Å². The van der Waals surface area contributed by atoms with Crippen LogP contribution in [0, 0.1) is 13.8 Å². The Labute approximate surface area is 171 Å². The molecule has 1 aromatic carbocycles. The molecule has 0 bridgehead atoms. The van der Waals surface area contributed by atoms with Gasteiger partial charge in [0.05, 0.1) is 11.9 Å². The van der Waals surface area contributed by atoms with Crippen LogP contribution in [0.4, 0.5) is 0 Å². The molecule has 1 fully saturated rings. The summed E-state index contributed by atoms with van der Waals surface area (Å²) in [6.07, 6.45) is 2.58. The van der Waals surface area contributed by atoms with Crippen molar-refractivity contribution in [3.63, 3.8) is 0 Å². The van der Waals surface area contributed by atoms with Gasteiger partial charge in [-0.25, -0.2) is 9.97 Å². The molecule has 1 saturated heterocycles. The zero-order valence-electron chi connectivity index (χ0n) is 16.4. The number of hydrogen-bond acceptors (Lipinski definition) is 6. The first kappa shape index (κ1) is 18.2. The van der Waals surface area contributed by atoms with E-state index in [2.05, 4.69) is 63.2 Å². The lowest BCUT2D eigenvalue weighted by Crippen LogP contribution is -2.23. The average Bonchev–Trinajstić information content (AvgIpc) is 3.42. The summed E-state index contributed by atoms with van der Waals surface area (Å²) in [7, 11) is 0. The van der Waals surface area contributed by atoms with Crippen molar-refractivity contribution in [2.45, 2.75) is 32.7 Å². The number of likely N-dealkylation sites (tertiary alicyclic amines) is 1. The summed E-state index contributed by atoms with van der Waals surface area (Å²) < 4.78 is 0. The summed E-state index contributed by atoms with van der Waals surface area (Å²) in [5.74, 6) is 2.00. The predicted molar refractivity (Wildman–Crippen MR) is 114 cm³/mol. The van der Waals surface area contributed by atoms with E-state index >= 15 is 0 Å². The van der Waals surface area contributed by atoms with Crippen LogP contribution < -0.4 is 5.56 Å². The maximum Gasteiger partial charge on any atom is 0.260 e. The normalized spacial score (nSPS) is 17.4. The van der Waals surface area contributed by atoms with E-state index in [9.17, 15) is 4.79 Å². The monoisotopic (exact) mass is 406 g/mol. The van der Waals surface area contributed by atoms with Gasteiger partial charge < -0.3 is 4.98 Å². The van der Waals surface area contributed by atoms with Gasteiger partial charge in [0.15, 0.2) is 0 Å². The largest absolute Gasteiger partial charge is 0.309 e. The van der Waals surface area contributed by atoms with E-state index in [4.69, 9.17) is 4.98 Å². The van der Waals surface area contributed by atoms with Crippen LogP contribution in [0.1, 0.15) is 34.4 Å². The van der Waals surface area contributed by atoms with E-state index in [1.54, 1.807) is 17.7 Å². The molecule has 148 valence electrons. The number of fused-ring (bicyclic) bond motifs is 1. The third kappa shape index (κ3) is 3.38. The summed E-state index contributed by atoms with van der Waals surface area (Å²) in [6.45, 7) is 6.59. The first-order valence-electron chi connectivity index (χ1n) is 9.75. The molecule has 1 aliphatic heterocycles. The quantitative estimate of drug-likeness (QED) is 0.542. The number of H-pyrrole nitrogens is 2. The molecular formula is C21H22N6OS. The highest BCUT2D eigenvalue weighted by atomic mass is 32.1. The Hall–Kier alpha value is -2.84. The summed E-state index contributed by atoms with van der Waals surface area (Å²) in [5, 5.41) is 7.61. The van der Waals surface area contributed by atoms with Crippen molar-refractivity contribution >= 4 is 21.6 Å². The van der Waals surface area contributed by atoms with Crippen LogP contribution in [0.15, 0.2) is 35.4 Å². The van der Waals surface area contributed by atoms with Gasteiger partial charge in [-0.2, -0.15) is 5.10 Å². The maximum atomic E-state index is 13.0. The molecule has 0 amide bonds. The van der Waals surface area contributed by atoms with Gasteiger partial charge in [-0.1, -0.05) is 29.8 Å². The van der Waals surface area contributed by atoms with Crippen LogP contribution in [0.5, 0.6) is 0 Å². The number of nitrogens with zero attached hydrogens (tertiary/aromatic N) is 4. The number of hydrogen-bond donors (Lipinski definition) is 2. The summed E-state index contributed by atoms with van der Waals surface area (Å²) in [6, 6.07) is 8.30. The zero-order chi connectivity index (χ0) is 20.0. The van der Waals surface area contributed by atoms with Crippen molar-refractivity contribution in [3.05, 3.63) is 63.0 Å². The molecule has 0 aliphatic carbocycles. The lowest BCUT2D eigenvalue weighted by molar-refractivity contribution is 0.317. The van der Waals surface area contributed by atoms with Crippen LogP contribution in [0.25, 0.3) is 21.3 Å². The molecule has 0 radical (unpaired) electrons. The fraction of sp³-hybridized carbons (Fsp3) is 0.333. The topological polar surface area (TPSA) is 90.6 Å². The lowest BCUT2D eigenvalue weighted by atomic mass is 10.0. The molecule has 0 spiro atoms. The zero-order valence-corrected chi connectivity index (χ0v) is 17.2. The van der Waals surface area contributed by atoms with Crippen molar-refractivity contribution in [3.8, 4) is 11.1 Å². The average molecular weight is 407 g/mol. The first-order chi connectivity index (χ1) is 14.1. The molecule has 3 aromatic heterocycles. The molecule has 1 atom stereocenters. The van der Waals surface area contributed by atoms with Gasteiger partial charge in [-0.05, 0) is 32.4 Å². The van der Waals surface area contributed by atoms with Gasteiger partial charge in [-0.3, -0.25) is 14.8 Å². The van der Waals surface area contributed by atoms with Crippen LogP contribution in [0.2, 0.25) is 0 Å². The maximum absolute atomic E-state index is 13.0. The molecule has 0 saturated carbocycles. The Morgan fingerprint density at radius 3 is 2.83 bits per heavy atom. The van der Waals surface area contributed by atoms with Gasteiger partial charge in [0, 0.05) is 22.9 Å². The number of aromatic amines is 2. The fourth-order valence-corrected chi connectivity index (χ4v) is 5.19. The second kappa shape index (κ2) is 7.20. The molecule has 1 unspecified atom stereocenters. The van der Waals surface area contributed by atoms with E-state index in [0.29, 0.717) is 17.8 Å². The number of aryl methyl sites for hydroxylation is 2. The summed E-state index contributed by atoms with van der Waals surface area (Å²) >= 11 is 1.59. The smallest absolute Gasteiger partial charge is 0.260 e. The van der Waals surface area contributed by atoms with Crippen molar-refractivity contribution < 1.29 is 0 Å². The number of benzene rings is 1. The third-order valence-electron chi connectivity index (χ3n) is 5.59. The number of nitrogens with one attached hydrogen (secondary N) is 2. The molecule has 7 nitrogen and oxygen atoms in total. The molecule has 8 heteroatoms. The van der Waals surface area contributed by atoms with Gasteiger partial charge in [-0.15, -0.1) is 11.3 Å². The molecule has 5 rings (SSSR count). The Kier molecular flexibility index (Phi) is 4.52. The molecule has 1 aliphatic rings. The van der Waals surface area contributed by atoms with E-state index in [-0.39, 0.29) is 5.56 Å². The Balaban J connectivity index is 1.44. The van der Waals surface area contributed by atoms with Crippen molar-refractivity contribution in [1.29, 1.82) is 0 Å². The minimum atomic E-state index is -0.0593. The van der Waals surface area contributed by atoms with Crippen molar-refractivity contribution in [2.75, 3.05) is 13.1 Å². The minimum absolute atomic E-state index is 0.0593. The van der Waals surface area contributed by atoms with Gasteiger partial charge in [0.2, 0.25) is 0 Å². The SMILES string of the molecule is Cc1ccc(-c2c(C)sc3nc(CN4CCC(c5ncn[nH]5)C4)[nH]c(=O)c23)cc1. The van der Waals surface area contributed by atoms with Crippen LogP contribution in [-0.4, -0.2) is 43.1 Å². The highest BCUT2D eigenvalue weighted by Gasteiger charge is 2.26. The fourth-order valence-electron chi connectivity index (χ4n) is 4.13. The summed E-state index contributed by atoms with van der Waals surface area (Å²) in [5.41, 5.74) is 3.20. The van der Waals surface area contributed by atoms with E-state index in [0.717, 1.165) is 52.0 Å². The highest BCUT2D eigenvalue weighted by Crippen LogP contribution is 2.35. The molecule has 4 heterocycles. The van der Waals surface area contributed by atoms with Gasteiger partial charge in [0.25, 0.3) is 5.56 Å². The van der Waals surface area contributed by atoms with Crippen molar-refractivity contribution in [1.82, 2.24) is 30.0 Å². The second-order valence-corrected chi connectivity index (χ2v) is 8.89. The van der Waals surface area contributed by atoms with Crippen molar-refractivity contribution in [2.24, 2.45) is 0 Å². The van der Waals surface area contributed by atoms with E-state index in [1.165, 1.54) is 5.56 Å². The third-order valence-corrected chi connectivity index (χ3v) is 6.59. The first-order valence-corrected chi connectivity index (χ1v) is 10.6. The Morgan fingerprint density at radius 2 is 2.07 bits per heavy atom. The van der Waals surface area contributed by atoms with E-state index in [1.807, 2.05) is 0 Å².